The lowest BCUT2D eigenvalue weighted by atomic mass is 9.89. The van der Waals surface area contributed by atoms with Gasteiger partial charge >= 0.3 is 5.97 Å². The monoisotopic (exact) mass is 319 g/mol. The average molecular weight is 319 g/mol. The molecule has 1 aliphatic carbocycles. The molecule has 6 nitrogen and oxygen atoms in total. The molecule has 0 heterocycles. The first kappa shape index (κ1) is 16.9. The molecule has 0 aromatic heterocycles. The molecule has 23 heavy (non-hydrogen) atoms. The number of carbonyl (C=O) groups is 1. The number of benzene rings is 1. The second kappa shape index (κ2) is 7.19. The fraction of sp³-hybridized carbons (Fsp3) is 0.353. The molecule has 0 spiro atoms. The summed E-state index contributed by atoms with van der Waals surface area (Å²) in [5.41, 5.74) is 2.71. The van der Waals surface area contributed by atoms with Crippen LogP contribution in [-0.4, -0.2) is 47.6 Å². The predicted octanol–water partition coefficient (Wildman–Crippen LogP) is 2.73. The Morgan fingerprint density at radius 1 is 1.17 bits per heavy atom. The lowest BCUT2D eigenvalue weighted by Crippen LogP contribution is -2.27. The van der Waals surface area contributed by atoms with E-state index in [0.29, 0.717) is 24.3 Å². The summed E-state index contributed by atoms with van der Waals surface area (Å²) in [4.78, 5) is 12.5. The summed E-state index contributed by atoms with van der Waals surface area (Å²) in [5, 5.41) is 28.1. The van der Waals surface area contributed by atoms with Gasteiger partial charge in [-0.3, -0.25) is 0 Å². The van der Waals surface area contributed by atoms with Crippen molar-refractivity contribution in [1.29, 1.82) is 0 Å². The number of aliphatic carboxylic acids is 1. The lowest BCUT2D eigenvalue weighted by Gasteiger charge is -2.24. The van der Waals surface area contributed by atoms with E-state index in [9.17, 15) is 15.0 Å². The highest BCUT2D eigenvalue weighted by atomic mass is 16.5. The number of nitrogens with zero attached hydrogens (tertiary/aromatic N) is 1. The van der Waals surface area contributed by atoms with Gasteiger partial charge in [-0.25, -0.2) is 4.79 Å². The van der Waals surface area contributed by atoms with E-state index in [-0.39, 0.29) is 18.1 Å². The highest BCUT2D eigenvalue weighted by Crippen LogP contribution is 2.38. The van der Waals surface area contributed by atoms with Crippen LogP contribution in [-0.2, 0) is 9.53 Å². The topological polar surface area (TPSA) is 90.2 Å². The van der Waals surface area contributed by atoms with Crippen LogP contribution in [0.5, 0.6) is 0 Å². The predicted molar refractivity (Wildman–Crippen MR) is 87.7 cm³/mol. The van der Waals surface area contributed by atoms with Crippen molar-refractivity contribution in [3.8, 4) is 0 Å². The Morgan fingerprint density at radius 3 is 2.35 bits per heavy atom. The third kappa shape index (κ3) is 3.65. The number of rotatable bonds is 8. The second-order valence-corrected chi connectivity index (χ2v) is 5.27. The van der Waals surface area contributed by atoms with E-state index in [0.717, 1.165) is 17.8 Å². The zero-order chi connectivity index (χ0) is 17.0. The minimum absolute atomic E-state index is 0.129. The first-order chi connectivity index (χ1) is 11.0. The van der Waals surface area contributed by atoms with Gasteiger partial charge in [0.15, 0.2) is 0 Å². The molecule has 6 heteroatoms. The van der Waals surface area contributed by atoms with E-state index >= 15 is 0 Å². The van der Waals surface area contributed by atoms with Gasteiger partial charge in [-0.05, 0) is 31.5 Å². The number of hydrogen-bond acceptors (Lipinski definition) is 5. The van der Waals surface area contributed by atoms with Gasteiger partial charge in [-0.1, -0.05) is 12.1 Å². The highest BCUT2D eigenvalue weighted by molar-refractivity contribution is 5.89. The minimum Gasteiger partial charge on any atom is -0.507 e. The van der Waals surface area contributed by atoms with Crippen LogP contribution in [0.25, 0.3) is 5.57 Å². The van der Waals surface area contributed by atoms with Crippen molar-refractivity contribution in [2.45, 2.75) is 13.8 Å². The Hall–Kier alpha value is -2.47. The fourth-order valence-corrected chi connectivity index (χ4v) is 2.45. The number of ether oxygens (including phenoxy) is 1. The van der Waals surface area contributed by atoms with Gasteiger partial charge in [-0.2, -0.15) is 0 Å². The van der Waals surface area contributed by atoms with Gasteiger partial charge in [0.2, 0.25) is 0 Å². The van der Waals surface area contributed by atoms with Crippen LogP contribution < -0.4 is 4.90 Å². The molecule has 0 saturated heterocycles. The minimum atomic E-state index is -0.978. The van der Waals surface area contributed by atoms with Crippen molar-refractivity contribution in [3.63, 3.8) is 0 Å². The Bertz CT molecular complexity index is 645. The van der Waals surface area contributed by atoms with Crippen molar-refractivity contribution in [3.05, 3.63) is 46.9 Å². The average Bonchev–Trinajstić information content (AvgIpc) is 2.55. The Kier molecular flexibility index (Phi) is 5.28. The Morgan fingerprint density at radius 2 is 1.83 bits per heavy atom. The quantitative estimate of drug-likeness (QED) is 0.638. The summed E-state index contributed by atoms with van der Waals surface area (Å²) in [6, 6.07) is 7.48. The van der Waals surface area contributed by atoms with Gasteiger partial charge in [0.25, 0.3) is 0 Å². The van der Waals surface area contributed by atoms with E-state index in [2.05, 4.69) is 4.90 Å². The summed E-state index contributed by atoms with van der Waals surface area (Å²) < 4.78 is 5.06. The highest BCUT2D eigenvalue weighted by Gasteiger charge is 2.26. The summed E-state index contributed by atoms with van der Waals surface area (Å²) in [5.74, 6) is -0.719. The molecule has 2 rings (SSSR count). The number of likely N-dealkylation sites (N-methyl/N-ethyl adjacent to an activating group) is 1. The van der Waals surface area contributed by atoms with Crippen LogP contribution >= 0.6 is 0 Å². The van der Waals surface area contributed by atoms with Crippen LogP contribution in [0.3, 0.4) is 0 Å². The summed E-state index contributed by atoms with van der Waals surface area (Å²) >= 11 is 0. The van der Waals surface area contributed by atoms with Crippen LogP contribution in [0.4, 0.5) is 5.69 Å². The molecule has 0 bridgehead atoms. The largest absolute Gasteiger partial charge is 0.507 e. The normalized spacial score (nSPS) is 14.0. The van der Waals surface area contributed by atoms with Crippen LogP contribution in [0.15, 0.2) is 41.4 Å². The van der Waals surface area contributed by atoms with Crippen molar-refractivity contribution < 1.29 is 24.9 Å². The number of aliphatic hydroxyl groups is 2. The molecule has 0 aliphatic heterocycles. The van der Waals surface area contributed by atoms with Gasteiger partial charge in [0, 0.05) is 24.4 Å². The molecule has 0 fully saturated rings. The zero-order valence-corrected chi connectivity index (χ0v) is 13.2. The molecule has 0 unspecified atom stereocenters. The van der Waals surface area contributed by atoms with E-state index < -0.39 is 5.97 Å². The van der Waals surface area contributed by atoms with Gasteiger partial charge in [0.05, 0.1) is 12.2 Å². The number of aliphatic hydroxyl groups excluding tert-OH is 2. The molecule has 0 atom stereocenters. The number of allylic oxidation sites excluding steroid dienone is 2. The van der Waals surface area contributed by atoms with Gasteiger partial charge in [0.1, 0.15) is 18.1 Å². The molecule has 0 saturated carbocycles. The van der Waals surface area contributed by atoms with Gasteiger partial charge in [-0.15, -0.1) is 0 Å². The lowest BCUT2D eigenvalue weighted by molar-refractivity contribution is -0.142. The molecular weight excluding hydrogens is 298 g/mol. The first-order valence-corrected chi connectivity index (χ1v) is 7.44. The van der Waals surface area contributed by atoms with Crippen molar-refractivity contribution >= 4 is 17.2 Å². The van der Waals surface area contributed by atoms with Crippen molar-refractivity contribution in [2.75, 3.05) is 31.2 Å². The maximum Gasteiger partial charge on any atom is 0.329 e. The maximum absolute atomic E-state index is 10.4. The first-order valence-electron chi connectivity index (χ1n) is 7.44. The van der Waals surface area contributed by atoms with Crippen LogP contribution in [0, 0.1) is 0 Å². The molecule has 1 aromatic carbocycles. The standard InChI is InChI=1S/C17H21NO5/c1-3-18(8-9-23-10-14(19)20)13-6-4-12(5-7-13)15-16(21)11(2)17(15)22/h4-7,21-22H,3,8-10H2,1-2H3,(H,19,20). The molecular formula is C17H21NO5. The summed E-state index contributed by atoms with van der Waals surface area (Å²) in [6.07, 6.45) is 0. The Balaban J connectivity index is 1.99. The third-order valence-corrected chi connectivity index (χ3v) is 3.82. The van der Waals surface area contributed by atoms with Crippen molar-refractivity contribution in [1.82, 2.24) is 0 Å². The number of hydrogen-bond donors (Lipinski definition) is 3. The fourth-order valence-electron chi connectivity index (χ4n) is 2.45. The second-order valence-electron chi connectivity index (χ2n) is 5.27. The molecule has 0 amide bonds. The zero-order valence-electron chi connectivity index (χ0n) is 13.2. The SMILES string of the molecule is CCN(CCOCC(=O)O)c1ccc(C2=C(O)C(C)=C2O)cc1. The molecule has 3 N–H and O–H groups in total. The Labute approximate surface area is 134 Å². The molecule has 0 radical (unpaired) electrons. The van der Waals surface area contributed by atoms with Crippen molar-refractivity contribution in [2.24, 2.45) is 0 Å². The van der Waals surface area contributed by atoms with E-state index in [4.69, 9.17) is 9.84 Å². The van der Waals surface area contributed by atoms with E-state index in [1.54, 1.807) is 6.92 Å². The molecule has 1 aliphatic rings. The van der Waals surface area contributed by atoms with E-state index in [1.807, 2.05) is 31.2 Å². The smallest absolute Gasteiger partial charge is 0.329 e. The summed E-state index contributed by atoms with van der Waals surface area (Å²) in [7, 11) is 0. The number of anilines is 1. The molecule has 1 aromatic rings. The van der Waals surface area contributed by atoms with Gasteiger partial charge < -0.3 is 25.0 Å². The number of carboxylic acids is 1. The molecule has 124 valence electrons. The number of carboxylic acid groups (broad SMARTS) is 1. The van der Waals surface area contributed by atoms with Crippen LogP contribution in [0.2, 0.25) is 0 Å². The third-order valence-electron chi connectivity index (χ3n) is 3.82. The van der Waals surface area contributed by atoms with E-state index in [1.165, 1.54) is 0 Å². The van der Waals surface area contributed by atoms with Crippen LogP contribution in [0.1, 0.15) is 19.4 Å². The maximum atomic E-state index is 10.4. The summed E-state index contributed by atoms with van der Waals surface area (Å²) in [6.45, 7) is 5.04.